The summed E-state index contributed by atoms with van der Waals surface area (Å²) in [6, 6.07) is 12.6. The van der Waals surface area contributed by atoms with Gasteiger partial charge in [0.05, 0.1) is 11.9 Å². The molecule has 8 heteroatoms. The second-order valence-electron chi connectivity index (χ2n) is 8.26. The molecular weight excluding hydrogens is 416 g/mol. The van der Waals surface area contributed by atoms with Crippen LogP contribution in [0.25, 0.3) is 0 Å². The van der Waals surface area contributed by atoms with Crippen LogP contribution in [0.15, 0.2) is 47.6 Å². The minimum atomic E-state index is -0.652. The van der Waals surface area contributed by atoms with Crippen LogP contribution in [-0.4, -0.2) is 41.9 Å². The summed E-state index contributed by atoms with van der Waals surface area (Å²) in [5.41, 5.74) is 9.81. The Morgan fingerprint density at radius 1 is 1.26 bits per heavy atom. The first kappa shape index (κ1) is 23.1. The van der Waals surface area contributed by atoms with Gasteiger partial charge in [-0.1, -0.05) is 44.2 Å². The van der Waals surface area contributed by atoms with Crippen LogP contribution in [0.2, 0.25) is 0 Å². The Labute approximate surface area is 187 Å². The van der Waals surface area contributed by atoms with Gasteiger partial charge in [-0.05, 0) is 36.2 Å². The molecule has 1 fully saturated rings. The largest absolute Gasteiger partial charge is 0.375 e. The molecule has 3 N–H and O–H groups in total. The molecule has 5 nitrogen and oxygen atoms in total. The third-order valence-electron chi connectivity index (χ3n) is 5.28. The van der Waals surface area contributed by atoms with E-state index < -0.39 is 11.6 Å². The van der Waals surface area contributed by atoms with Gasteiger partial charge in [-0.3, -0.25) is 10.3 Å². The molecule has 3 rings (SSSR count). The molecule has 1 atom stereocenters. The highest BCUT2D eigenvalue weighted by Gasteiger charge is 2.31. The predicted octanol–water partition coefficient (Wildman–Crippen LogP) is 3.87. The number of nitrogens with zero attached hydrogens (tertiary/aromatic N) is 3. The second-order valence-corrected chi connectivity index (χ2v) is 8.70. The molecule has 1 saturated heterocycles. The number of thiocarbonyl (C=S) groups is 1. The lowest BCUT2D eigenvalue weighted by molar-refractivity contribution is 0.202. The van der Waals surface area contributed by atoms with Crippen molar-refractivity contribution in [3.63, 3.8) is 0 Å². The fraction of sp³-hybridized carbons (Fsp3) is 0.391. The van der Waals surface area contributed by atoms with Crippen LogP contribution in [0.4, 0.5) is 14.5 Å². The normalized spacial score (nSPS) is 17.5. The zero-order chi connectivity index (χ0) is 22.4. The van der Waals surface area contributed by atoms with Crippen molar-refractivity contribution in [2.24, 2.45) is 16.8 Å². The van der Waals surface area contributed by atoms with E-state index in [1.807, 2.05) is 18.2 Å². The van der Waals surface area contributed by atoms with Crippen molar-refractivity contribution in [3.8, 4) is 0 Å². The molecule has 2 aromatic rings. The van der Waals surface area contributed by atoms with E-state index in [-0.39, 0.29) is 11.2 Å². The molecule has 0 unspecified atom stereocenters. The monoisotopic (exact) mass is 445 g/mol. The number of piperazine rings is 1. The Morgan fingerprint density at radius 2 is 2.00 bits per heavy atom. The molecule has 1 aliphatic heterocycles. The summed E-state index contributed by atoms with van der Waals surface area (Å²) < 4.78 is 29.0. The summed E-state index contributed by atoms with van der Waals surface area (Å²) in [5.74, 6) is -0.815. The van der Waals surface area contributed by atoms with Gasteiger partial charge in [-0.2, -0.15) is 5.10 Å². The summed E-state index contributed by atoms with van der Waals surface area (Å²) in [6.45, 7) is 7.37. The van der Waals surface area contributed by atoms with E-state index in [1.165, 1.54) is 17.8 Å². The number of hydrogen-bond donors (Lipinski definition) is 2. The number of nitrogens with one attached hydrogen (secondary N) is 1. The molecule has 0 saturated carbocycles. The lowest BCUT2D eigenvalue weighted by Crippen LogP contribution is -2.54. The lowest BCUT2D eigenvalue weighted by Gasteiger charge is -2.44. The summed E-state index contributed by atoms with van der Waals surface area (Å²) in [7, 11) is 0. The van der Waals surface area contributed by atoms with E-state index in [0.29, 0.717) is 23.7 Å². The van der Waals surface area contributed by atoms with Crippen molar-refractivity contribution >= 4 is 29.2 Å². The van der Waals surface area contributed by atoms with Gasteiger partial charge in [0.2, 0.25) is 0 Å². The van der Waals surface area contributed by atoms with Gasteiger partial charge in [-0.25, -0.2) is 8.78 Å². The minimum absolute atomic E-state index is 0.0121. The highest BCUT2D eigenvalue weighted by atomic mass is 32.1. The number of anilines is 1. The third kappa shape index (κ3) is 6.45. The number of halogens is 2. The molecule has 1 aliphatic rings. The van der Waals surface area contributed by atoms with Gasteiger partial charge < -0.3 is 10.6 Å². The topological polar surface area (TPSA) is 56.9 Å². The van der Waals surface area contributed by atoms with Gasteiger partial charge in [0.25, 0.3) is 0 Å². The average molecular weight is 446 g/mol. The quantitative estimate of drug-likeness (QED) is 0.385. The minimum Gasteiger partial charge on any atom is -0.375 e. The highest BCUT2D eigenvalue weighted by Crippen LogP contribution is 2.31. The molecule has 1 heterocycles. The number of nitrogens with two attached hydrogens (primary N) is 1. The van der Waals surface area contributed by atoms with E-state index in [9.17, 15) is 4.39 Å². The molecule has 166 valence electrons. The van der Waals surface area contributed by atoms with Crippen molar-refractivity contribution < 1.29 is 8.78 Å². The molecular formula is C23H29F2N5S. The Balaban J connectivity index is 1.88. The van der Waals surface area contributed by atoms with Gasteiger partial charge >= 0.3 is 0 Å². The van der Waals surface area contributed by atoms with Crippen molar-refractivity contribution in [1.82, 2.24) is 10.3 Å². The molecule has 0 aliphatic carbocycles. The fourth-order valence-electron chi connectivity index (χ4n) is 4.10. The van der Waals surface area contributed by atoms with Gasteiger partial charge in [-0.15, -0.1) is 0 Å². The first-order chi connectivity index (χ1) is 14.8. The highest BCUT2D eigenvalue weighted by molar-refractivity contribution is 7.80. The van der Waals surface area contributed by atoms with Gasteiger partial charge in [0, 0.05) is 43.9 Å². The zero-order valence-corrected chi connectivity index (χ0v) is 18.7. The van der Waals surface area contributed by atoms with E-state index in [4.69, 9.17) is 18.0 Å². The first-order valence-corrected chi connectivity index (χ1v) is 10.8. The molecule has 0 radical (unpaired) electrons. The third-order valence-corrected chi connectivity index (χ3v) is 5.37. The number of benzene rings is 2. The van der Waals surface area contributed by atoms with Crippen LogP contribution in [0.5, 0.6) is 0 Å². The summed E-state index contributed by atoms with van der Waals surface area (Å²) in [4.78, 5) is 4.45. The maximum Gasteiger partial charge on any atom is 0.184 e. The van der Waals surface area contributed by atoms with Crippen molar-refractivity contribution in [2.45, 2.75) is 32.9 Å². The SMILES string of the molecule is CC(C)C[C@H]1CN(Cc2ccccc2)CCN1c1c(F)cc(F)cc1C=NNC(N)=S. The maximum absolute atomic E-state index is 15.0. The van der Waals surface area contributed by atoms with Crippen molar-refractivity contribution in [1.29, 1.82) is 0 Å². The number of hydrogen-bond acceptors (Lipinski definition) is 4. The molecule has 0 amide bonds. The molecule has 31 heavy (non-hydrogen) atoms. The molecule has 0 spiro atoms. The Morgan fingerprint density at radius 3 is 2.68 bits per heavy atom. The van der Waals surface area contributed by atoms with Gasteiger partial charge in [0.15, 0.2) is 5.11 Å². The van der Waals surface area contributed by atoms with Crippen LogP contribution in [-0.2, 0) is 6.54 Å². The maximum atomic E-state index is 15.0. The van der Waals surface area contributed by atoms with E-state index in [2.05, 4.69) is 46.3 Å². The summed E-state index contributed by atoms with van der Waals surface area (Å²) in [6.07, 6.45) is 2.26. The Bertz CT molecular complexity index is 920. The summed E-state index contributed by atoms with van der Waals surface area (Å²) in [5, 5.41) is 3.91. The standard InChI is InChI=1S/C23H29F2N5S/c1-16(2)10-20-15-29(14-17-6-4-3-5-7-17)8-9-30(20)22-18(13-27-28-23(26)31)11-19(24)12-21(22)25/h3-7,11-13,16,20H,8-10,14-15H2,1-2H3,(H3,26,28,31)/t20-/m0/s1. The Hall–Kier alpha value is -2.58. The van der Waals surface area contributed by atoms with Crippen LogP contribution >= 0.6 is 12.2 Å². The number of rotatable bonds is 7. The summed E-state index contributed by atoms with van der Waals surface area (Å²) >= 11 is 4.74. The van der Waals surface area contributed by atoms with Gasteiger partial charge in [0.1, 0.15) is 11.6 Å². The van der Waals surface area contributed by atoms with E-state index >= 15 is 4.39 Å². The van der Waals surface area contributed by atoms with Crippen LogP contribution in [0.1, 0.15) is 31.4 Å². The second kappa shape index (κ2) is 10.6. The van der Waals surface area contributed by atoms with Crippen LogP contribution in [0, 0.1) is 17.6 Å². The molecule has 0 aromatic heterocycles. The average Bonchev–Trinajstić information content (AvgIpc) is 2.69. The fourth-order valence-corrected chi connectivity index (χ4v) is 4.15. The first-order valence-electron chi connectivity index (χ1n) is 10.4. The smallest absolute Gasteiger partial charge is 0.184 e. The zero-order valence-electron chi connectivity index (χ0n) is 17.9. The number of hydrazone groups is 1. The Kier molecular flexibility index (Phi) is 7.92. The van der Waals surface area contributed by atoms with Crippen molar-refractivity contribution in [3.05, 3.63) is 65.2 Å². The van der Waals surface area contributed by atoms with Crippen LogP contribution < -0.4 is 16.1 Å². The van der Waals surface area contributed by atoms with Crippen LogP contribution in [0.3, 0.4) is 0 Å². The lowest BCUT2D eigenvalue weighted by atomic mass is 9.97. The molecule has 0 bridgehead atoms. The van der Waals surface area contributed by atoms with Crippen molar-refractivity contribution in [2.75, 3.05) is 24.5 Å². The van der Waals surface area contributed by atoms with E-state index in [0.717, 1.165) is 32.1 Å². The predicted molar refractivity (Wildman–Crippen MR) is 126 cm³/mol. The molecule has 2 aromatic carbocycles. The van der Waals surface area contributed by atoms with E-state index in [1.54, 1.807) is 0 Å².